The Morgan fingerprint density at radius 2 is 0.744 bits per heavy atom. The van der Waals surface area contributed by atoms with Crippen molar-refractivity contribution >= 4 is 5.97 Å². The predicted octanol–water partition coefficient (Wildman–Crippen LogP) is 8.21. The molecule has 0 spiro atoms. The predicted molar refractivity (Wildman–Crippen MR) is 178 cm³/mol. The number of benzene rings is 2. The van der Waals surface area contributed by atoms with Crippen LogP contribution in [0.1, 0.15) is 149 Å². The number of hydrogen-bond donors (Lipinski definition) is 5. The topological polar surface area (TPSA) is 118 Å². The summed E-state index contributed by atoms with van der Waals surface area (Å²) in [7, 11) is 0. The number of aliphatic carboxylic acids is 1. The van der Waals surface area contributed by atoms with E-state index >= 15 is 0 Å². The second-order valence-electron chi connectivity index (χ2n) is 16.1. The molecule has 2 rings (SSSR count). The van der Waals surface area contributed by atoms with E-state index < -0.39 is 11.4 Å². The number of phenols is 2. The Labute approximate surface area is 261 Å². The van der Waals surface area contributed by atoms with Gasteiger partial charge in [0.25, 0.3) is 0 Å². The maximum Gasteiger partial charge on any atom is 0.318 e. The van der Waals surface area contributed by atoms with E-state index in [0.717, 1.165) is 47.9 Å². The normalized spacial score (nSPS) is 13.0. The Morgan fingerprint density at radius 1 is 0.512 bits per heavy atom. The standard InChI is InChI=1S/C31H46O4.C6H14O2/c1-27(2,3)20-14-18(15-21(24(20)32)28(4,5)6)31(13,26(34)35)19-16-22(29(7,8)9)25(33)23(17-19)30(10,11)12;7-5-3-1-2-4-6-8/h14-17,32-33H,1-13H3,(H,34,35);7-8H,1-6H2. The molecule has 0 aliphatic heterocycles. The Hall–Kier alpha value is -2.57. The summed E-state index contributed by atoms with van der Waals surface area (Å²) < 4.78 is 0. The fraction of sp³-hybridized carbons (Fsp3) is 0.649. The molecule has 0 radical (unpaired) electrons. The molecule has 6 nitrogen and oxygen atoms in total. The summed E-state index contributed by atoms with van der Waals surface area (Å²) in [4.78, 5) is 13.1. The first-order valence-corrected chi connectivity index (χ1v) is 15.6. The minimum Gasteiger partial charge on any atom is -0.507 e. The van der Waals surface area contributed by atoms with Crippen LogP contribution in [0.15, 0.2) is 24.3 Å². The van der Waals surface area contributed by atoms with Crippen LogP contribution in [0.2, 0.25) is 0 Å². The highest BCUT2D eigenvalue weighted by atomic mass is 16.4. The van der Waals surface area contributed by atoms with Gasteiger partial charge in [-0.15, -0.1) is 0 Å². The van der Waals surface area contributed by atoms with Crippen LogP contribution in [-0.2, 0) is 31.9 Å². The van der Waals surface area contributed by atoms with Gasteiger partial charge in [0.2, 0.25) is 0 Å². The minimum absolute atomic E-state index is 0.220. The number of carboxylic acids is 1. The number of aromatic hydroxyl groups is 2. The molecule has 0 bridgehead atoms. The van der Waals surface area contributed by atoms with Gasteiger partial charge in [-0.25, -0.2) is 0 Å². The zero-order valence-corrected chi connectivity index (χ0v) is 29.2. The Bertz CT molecular complexity index is 1070. The molecule has 0 heterocycles. The first kappa shape index (κ1) is 38.5. The van der Waals surface area contributed by atoms with Crippen molar-refractivity contribution in [1.29, 1.82) is 0 Å². The zero-order chi connectivity index (χ0) is 33.8. The van der Waals surface area contributed by atoms with Crippen molar-refractivity contribution in [1.82, 2.24) is 0 Å². The molecular formula is C37H60O6. The molecule has 0 fully saturated rings. The number of unbranched alkanes of at least 4 members (excludes halogenated alkanes) is 3. The van der Waals surface area contributed by atoms with Gasteiger partial charge in [-0.2, -0.15) is 0 Å². The molecule has 5 N–H and O–H groups in total. The number of carbonyl (C=O) groups is 1. The SMILES string of the molecule is CC(C)(C)c1cc(C(C)(C(=O)O)c2cc(C(C)(C)C)c(O)c(C(C)(C)C)c2)cc(C(C)(C)C)c1O.OCCCCCCO. The average Bonchev–Trinajstić information content (AvgIpc) is 2.84. The number of carboxylic acid groups (broad SMARTS) is 1. The van der Waals surface area contributed by atoms with Crippen molar-refractivity contribution in [3.05, 3.63) is 57.6 Å². The van der Waals surface area contributed by atoms with Gasteiger partial charge in [0.1, 0.15) is 16.9 Å². The van der Waals surface area contributed by atoms with Crippen LogP contribution in [0.5, 0.6) is 11.5 Å². The molecule has 6 heteroatoms. The van der Waals surface area contributed by atoms with Crippen LogP contribution in [-0.4, -0.2) is 44.7 Å². The molecule has 0 saturated carbocycles. The Balaban J connectivity index is 0.00000101. The summed E-state index contributed by atoms with van der Waals surface area (Å²) in [5, 5.41) is 49.8. The van der Waals surface area contributed by atoms with E-state index in [1.807, 2.05) is 107 Å². The van der Waals surface area contributed by atoms with Crippen molar-refractivity contribution in [3.63, 3.8) is 0 Å². The second kappa shape index (κ2) is 14.0. The maximum absolute atomic E-state index is 13.1. The molecule has 2 aromatic rings. The highest BCUT2D eigenvalue weighted by Crippen LogP contribution is 2.47. The smallest absolute Gasteiger partial charge is 0.318 e. The molecular weight excluding hydrogens is 540 g/mol. The lowest BCUT2D eigenvalue weighted by Gasteiger charge is -2.35. The van der Waals surface area contributed by atoms with Crippen LogP contribution < -0.4 is 0 Å². The summed E-state index contributed by atoms with van der Waals surface area (Å²) in [6, 6.07) is 7.39. The average molecular weight is 601 g/mol. The van der Waals surface area contributed by atoms with Gasteiger partial charge in [-0.05, 0) is 74.8 Å². The first-order valence-electron chi connectivity index (χ1n) is 15.6. The molecule has 0 aliphatic carbocycles. The number of aliphatic hydroxyl groups excluding tert-OH is 2. The quantitative estimate of drug-likeness (QED) is 0.195. The van der Waals surface area contributed by atoms with E-state index in [2.05, 4.69) is 0 Å². The highest BCUT2D eigenvalue weighted by molar-refractivity contribution is 5.86. The van der Waals surface area contributed by atoms with E-state index in [9.17, 15) is 20.1 Å². The molecule has 0 unspecified atom stereocenters. The molecule has 43 heavy (non-hydrogen) atoms. The summed E-state index contributed by atoms with van der Waals surface area (Å²) in [6.45, 7) is 26.5. The fourth-order valence-corrected chi connectivity index (χ4v) is 5.12. The number of hydrogen-bond acceptors (Lipinski definition) is 5. The van der Waals surface area contributed by atoms with Crippen LogP contribution in [0.4, 0.5) is 0 Å². The van der Waals surface area contributed by atoms with Gasteiger partial charge in [0.05, 0.1) is 0 Å². The van der Waals surface area contributed by atoms with Crippen molar-refractivity contribution in [2.75, 3.05) is 13.2 Å². The maximum atomic E-state index is 13.1. The summed E-state index contributed by atoms with van der Waals surface area (Å²) in [5.41, 5.74) is 1.16. The lowest BCUT2D eigenvalue weighted by molar-refractivity contribution is -0.141. The Kier molecular flexibility index (Phi) is 12.5. The van der Waals surface area contributed by atoms with E-state index in [-0.39, 0.29) is 46.4 Å². The lowest BCUT2D eigenvalue weighted by atomic mass is 9.68. The molecule has 0 atom stereocenters. The van der Waals surface area contributed by atoms with Crippen molar-refractivity contribution in [2.45, 2.75) is 143 Å². The monoisotopic (exact) mass is 600 g/mol. The largest absolute Gasteiger partial charge is 0.507 e. The van der Waals surface area contributed by atoms with Gasteiger partial charge in [0.15, 0.2) is 0 Å². The fourth-order valence-electron chi connectivity index (χ4n) is 5.12. The number of rotatable bonds is 8. The van der Waals surface area contributed by atoms with Crippen LogP contribution >= 0.6 is 0 Å². The molecule has 2 aromatic carbocycles. The molecule has 0 aromatic heterocycles. The van der Waals surface area contributed by atoms with Crippen molar-refractivity contribution in [2.24, 2.45) is 0 Å². The van der Waals surface area contributed by atoms with Gasteiger partial charge in [0, 0.05) is 13.2 Å². The third kappa shape index (κ3) is 9.46. The highest BCUT2D eigenvalue weighted by Gasteiger charge is 2.42. The molecule has 244 valence electrons. The molecule has 0 amide bonds. The third-order valence-electron chi connectivity index (χ3n) is 8.10. The first-order chi connectivity index (χ1) is 19.3. The van der Waals surface area contributed by atoms with E-state index in [0.29, 0.717) is 11.1 Å². The minimum atomic E-state index is -1.40. The van der Waals surface area contributed by atoms with Crippen molar-refractivity contribution < 1.29 is 30.3 Å². The third-order valence-corrected chi connectivity index (χ3v) is 8.10. The number of aliphatic hydroxyl groups is 2. The summed E-state index contributed by atoms with van der Waals surface area (Å²) in [6.07, 6.45) is 3.83. The molecule has 0 aliphatic rings. The van der Waals surface area contributed by atoms with Gasteiger partial charge >= 0.3 is 5.97 Å². The van der Waals surface area contributed by atoms with E-state index in [4.69, 9.17) is 10.2 Å². The molecule has 0 saturated heterocycles. The zero-order valence-electron chi connectivity index (χ0n) is 29.2. The Morgan fingerprint density at radius 3 is 0.907 bits per heavy atom. The van der Waals surface area contributed by atoms with Crippen LogP contribution in [0.3, 0.4) is 0 Å². The summed E-state index contributed by atoms with van der Waals surface area (Å²) >= 11 is 0. The summed E-state index contributed by atoms with van der Waals surface area (Å²) in [5.74, 6) is -0.538. The lowest BCUT2D eigenvalue weighted by Crippen LogP contribution is -2.36. The second-order valence-corrected chi connectivity index (χ2v) is 16.1. The van der Waals surface area contributed by atoms with E-state index in [1.165, 1.54) is 0 Å². The van der Waals surface area contributed by atoms with Gasteiger partial charge < -0.3 is 25.5 Å². The van der Waals surface area contributed by atoms with Crippen LogP contribution in [0, 0.1) is 0 Å². The van der Waals surface area contributed by atoms with Crippen molar-refractivity contribution in [3.8, 4) is 11.5 Å². The van der Waals surface area contributed by atoms with Gasteiger partial charge in [-0.1, -0.05) is 120 Å². The van der Waals surface area contributed by atoms with Crippen LogP contribution in [0.25, 0.3) is 0 Å². The van der Waals surface area contributed by atoms with E-state index in [1.54, 1.807) is 6.92 Å². The number of phenolic OH excluding ortho intramolecular Hbond substituents is 2. The van der Waals surface area contributed by atoms with Gasteiger partial charge in [-0.3, -0.25) is 4.79 Å².